The predicted octanol–water partition coefficient (Wildman–Crippen LogP) is 3.63. The number of benzene rings is 2. The Morgan fingerprint density at radius 3 is 1.70 bits per heavy atom. The highest BCUT2D eigenvalue weighted by Gasteiger charge is 2.53. The van der Waals surface area contributed by atoms with Crippen molar-refractivity contribution in [2.24, 2.45) is 5.92 Å². The van der Waals surface area contributed by atoms with Crippen LogP contribution in [0.15, 0.2) is 61.2 Å². The summed E-state index contributed by atoms with van der Waals surface area (Å²) in [5.74, 6) is -6.48. The molecule has 6 aromatic rings. The maximum absolute atomic E-state index is 15.5. The number of aliphatic hydroxyl groups is 1. The summed E-state index contributed by atoms with van der Waals surface area (Å²) < 4.78 is 71.5. The number of hydrogen-bond acceptors (Lipinski definition) is 21. The summed E-state index contributed by atoms with van der Waals surface area (Å²) in [6, 6.07) is 11.9. The van der Waals surface area contributed by atoms with Crippen molar-refractivity contribution in [3.8, 4) is 11.5 Å². The number of carboxylic acid groups (broad SMARTS) is 3. The molecule has 8 rings (SSSR count). The maximum atomic E-state index is 15.5. The molecule has 79 heavy (non-hydrogen) atoms. The van der Waals surface area contributed by atoms with Gasteiger partial charge in [-0.1, -0.05) is 31.2 Å². The van der Waals surface area contributed by atoms with E-state index >= 15 is 8.78 Å². The smallest absolute Gasteiger partial charge is 0.357 e. The van der Waals surface area contributed by atoms with Gasteiger partial charge in [-0.2, -0.15) is 19.9 Å². The second-order valence-corrected chi connectivity index (χ2v) is 18.4. The van der Waals surface area contributed by atoms with E-state index in [2.05, 4.69) is 34.7 Å². The molecule has 4 aromatic heterocycles. The van der Waals surface area contributed by atoms with E-state index in [4.69, 9.17) is 79.5 Å². The molecule has 0 amide bonds. The first-order valence-electron chi connectivity index (χ1n) is 23.5. The van der Waals surface area contributed by atoms with Crippen molar-refractivity contribution in [3.05, 3.63) is 94.3 Å². The van der Waals surface area contributed by atoms with Crippen LogP contribution in [0.25, 0.3) is 27.2 Å². The molecule has 2 fully saturated rings. The van der Waals surface area contributed by atoms with Crippen molar-refractivity contribution in [1.82, 2.24) is 39.0 Å². The van der Waals surface area contributed by atoms with Gasteiger partial charge >= 0.3 is 30.6 Å². The number of nitrogens with zero attached hydrogens (tertiary/aromatic N) is 9. The van der Waals surface area contributed by atoms with Gasteiger partial charge < -0.3 is 65.1 Å². The lowest BCUT2D eigenvalue weighted by Crippen LogP contribution is -2.52. The van der Waals surface area contributed by atoms with Crippen LogP contribution >= 0.6 is 23.2 Å². The predicted molar refractivity (Wildman–Crippen MR) is 268 cm³/mol. The minimum atomic E-state index is -2.84. The highest BCUT2D eigenvalue weighted by molar-refractivity contribution is 6.29. The number of aliphatic carboxylic acids is 3. The summed E-state index contributed by atoms with van der Waals surface area (Å²) in [7, 11) is 0. The van der Waals surface area contributed by atoms with Crippen molar-refractivity contribution in [1.29, 1.82) is 0 Å². The molecule has 0 bridgehead atoms. The van der Waals surface area contributed by atoms with Gasteiger partial charge in [0.25, 0.3) is 5.60 Å². The molecule has 0 spiro atoms. The number of esters is 1. The van der Waals surface area contributed by atoms with E-state index in [0.717, 1.165) is 10.9 Å². The van der Waals surface area contributed by atoms with E-state index in [1.807, 2.05) is 0 Å². The molecule has 1 unspecified atom stereocenters. The van der Waals surface area contributed by atoms with Crippen molar-refractivity contribution in [2.45, 2.75) is 87.9 Å². The third-order valence-electron chi connectivity index (χ3n) is 12.6. The molecule has 0 aliphatic carbocycles. The number of alkyl halides is 2. The van der Waals surface area contributed by atoms with Crippen molar-refractivity contribution in [2.75, 3.05) is 44.6 Å². The molecule has 2 aromatic carbocycles. The Bertz CT molecular complexity index is 3250. The average Bonchev–Trinajstić information content (AvgIpc) is 4.27. The number of Topliss-reactive ketones (excluding diaryl/α,β-unsaturated/α-hetero) is 1. The molecule has 8 N–H and O–H groups in total. The second kappa shape index (κ2) is 24.8. The van der Waals surface area contributed by atoms with Gasteiger partial charge in [0.15, 0.2) is 60.1 Å². The lowest BCUT2D eigenvalue weighted by molar-refractivity contribution is -0.190. The molecular weight excluding hydrogens is 1100 g/mol. The van der Waals surface area contributed by atoms with Gasteiger partial charge in [0.05, 0.1) is 38.6 Å². The molecule has 2 aliphatic rings. The number of nitrogens with two attached hydrogens (primary N) is 2. The fraction of sp³-hybridized carbons (Fsp3) is 0.417. The topological polar surface area (TPSA) is 374 Å². The van der Waals surface area contributed by atoms with Gasteiger partial charge in [-0.15, -0.1) is 0 Å². The molecule has 2 saturated heterocycles. The monoisotopic (exact) mass is 1140 g/mol. The van der Waals surface area contributed by atoms with Crippen LogP contribution in [0.1, 0.15) is 44.4 Å². The fourth-order valence-corrected chi connectivity index (χ4v) is 8.75. The van der Waals surface area contributed by atoms with E-state index in [9.17, 15) is 39.3 Å². The van der Waals surface area contributed by atoms with Crippen LogP contribution in [-0.2, 0) is 60.5 Å². The van der Waals surface area contributed by atoms with Crippen LogP contribution in [-0.4, -0.2) is 164 Å². The molecule has 2 aliphatic heterocycles. The number of imidazole rings is 2. The van der Waals surface area contributed by atoms with Crippen LogP contribution in [0.5, 0.6) is 11.5 Å². The van der Waals surface area contributed by atoms with E-state index in [1.54, 1.807) is 38.1 Å². The Morgan fingerprint density at radius 2 is 1.22 bits per heavy atom. The van der Waals surface area contributed by atoms with E-state index in [-0.39, 0.29) is 82.2 Å². The zero-order valence-corrected chi connectivity index (χ0v) is 43.2. The molecule has 420 valence electrons. The highest BCUT2D eigenvalue weighted by atomic mass is 35.5. The third-order valence-corrected chi connectivity index (χ3v) is 13.0. The van der Waals surface area contributed by atoms with Gasteiger partial charge in [0.2, 0.25) is 16.2 Å². The Morgan fingerprint density at radius 1 is 0.747 bits per heavy atom. The zero-order valence-electron chi connectivity index (χ0n) is 41.7. The number of carbonyl (C=O) groups excluding carboxylic acids is 2. The van der Waals surface area contributed by atoms with E-state index < -0.39 is 110 Å². The number of nitrogen functional groups attached to an aromatic ring is 2. The Hall–Kier alpha value is -7.98. The average molecular weight is 1140 g/mol. The van der Waals surface area contributed by atoms with Crippen molar-refractivity contribution in [3.63, 3.8) is 0 Å². The van der Waals surface area contributed by atoms with Gasteiger partial charge in [-0.05, 0) is 72.4 Å². The van der Waals surface area contributed by atoms with E-state index in [0.29, 0.717) is 11.3 Å². The molecule has 0 saturated carbocycles. The van der Waals surface area contributed by atoms with Gasteiger partial charge in [-0.3, -0.25) is 18.8 Å². The lowest BCUT2D eigenvalue weighted by atomic mass is 9.90. The number of halogens is 4. The Kier molecular flexibility index (Phi) is 18.4. The molecule has 9 atom stereocenters. The van der Waals surface area contributed by atoms with Crippen LogP contribution in [0.2, 0.25) is 10.6 Å². The van der Waals surface area contributed by atoms with Gasteiger partial charge in [-0.25, -0.2) is 44.5 Å². The molecular formula is C48H49Cl2F2N11O16. The summed E-state index contributed by atoms with van der Waals surface area (Å²) in [4.78, 5) is 87.9. The first-order valence-corrected chi connectivity index (χ1v) is 24.3. The maximum Gasteiger partial charge on any atom is 0.357 e. The minimum absolute atomic E-state index is 0.00937. The summed E-state index contributed by atoms with van der Waals surface area (Å²) in [6.07, 6.45) is -8.75. The molecule has 27 nitrogen and oxygen atoms in total. The standard InChI is InChI=1S/C26H28ClFN6O6.C22H21ClFN5O10/c1-5-37-24(36)26(15(3)35,10-16-6-8-17(9-7-16)38-13-30-4)39-11-18-14(2)19(28)23(40-18)34-12-31-20-21(29)32-25(27)33-22(20)34;23-21-27-16(25)14-17(28-21)29(8-26-14)18-13(24)15(32)11(39-18)6-38-22(19(33)34,20(35)36)5-9-1-3-10(4-2-9)37-7-12(30)31/h6-9,12,14,18-19,23H,5,10-11,13H2,1-3H3,(H2,29,32,33);1-4,8,11,13,15,18,32H,5-7H2,(H,30,31)(H,33,34)(H,35,36)(H2,25,27,28)/t14-,18-,19+,23-,26?;11-,13+,15-,18-/m11/s1. The molecule has 6 heterocycles. The number of aliphatic hydroxyl groups excluding tert-OH is 1. The Balaban J connectivity index is 0.000000229. The first-order chi connectivity index (χ1) is 37.5. The van der Waals surface area contributed by atoms with Gasteiger partial charge in [0.1, 0.15) is 34.7 Å². The quantitative estimate of drug-likeness (QED) is 0.0245. The molecule has 0 radical (unpaired) electrons. The summed E-state index contributed by atoms with van der Waals surface area (Å²) >= 11 is 11.8. The highest BCUT2D eigenvalue weighted by Crippen LogP contribution is 2.40. The van der Waals surface area contributed by atoms with Gasteiger partial charge in [0, 0.05) is 18.8 Å². The number of carbonyl (C=O) groups is 5. The van der Waals surface area contributed by atoms with Crippen molar-refractivity contribution >= 4 is 86.8 Å². The molecule has 31 heteroatoms. The van der Waals surface area contributed by atoms with E-state index in [1.165, 1.54) is 42.1 Å². The number of carboxylic acids is 3. The number of anilines is 2. The summed E-state index contributed by atoms with van der Waals surface area (Å²) in [6.45, 7) is 9.49. The van der Waals surface area contributed by atoms with Crippen LogP contribution < -0.4 is 20.9 Å². The SMILES string of the molecule is Nc1nc(Cl)nc2c1ncn2[C@@H]1O[C@H](COC(Cc2ccc(OCC(=O)O)cc2)(C(=O)O)C(=O)O)[C@@H](O)[C@@H]1F.[C-]#[N+]COc1ccc(CC(OC[C@H]2O[C@@H](n3cnc4c(N)nc(Cl)nc43)[C@@H](F)[C@@H]2C)(C(C)=O)C(=O)OCC)cc1. The normalized spacial score (nSPS) is 21.6. The lowest BCUT2D eigenvalue weighted by Gasteiger charge is -2.31. The fourth-order valence-electron chi connectivity index (χ4n) is 8.41. The Labute approximate surface area is 455 Å². The third kappa shape index (κ3) is 12.7. The second-order valence-electron chi connectivity index (χ2n) is 17.7. The number of rotatable bonds is 22. The number of hydrogen-bond donors (Lipinski definition) is 6. The number of fused-ring (bicyclic) bond motifs is 2. The van der Waals surface area contributed by atoms with Crippen LogP contribution in [0.4, 0.5) is 20.4 Å². The number of aromatic nitrogens is 8. The number of ether oxygens (including phenoxy) is 7. The number of ketones is 1. The largest absolute Gasteiger partial charge is 0.482 e. The first kappa shape index (κ1) is 58.7. The summed E-state index contributed by atoms with van der Waals surface area (Å²) in [5, 5.41) is 38.3. The van der Waals surface area contributed by atoms with Crippen LogP contribution in [0.3, 0.4) is 0 Å². The summed E-state index contributed by atoms with van der Waals surface area (Å²) in [5.41, 5.74) is 8.11. The zero-order chi connectivity index (χ0) is 57.5. The minimum Gasteiger partial charge on any atom is -0.482 e. The van der Waals surface area contributed by atoms with Crippen molar-refractivity contribution < 1.29 is 86.3 Å². The van der Waals surface area contributed by atoms with Crippen LogP contribution in [0, 0.1) is 12.5 Å².